The van der Waals surface area contributed by atoms with Gasteiger partial charge in [-0.05, 0) is 44.9 Å². The Bertz CT molecular complexity index is 399. The molecule has 1 aliphatic carbocycles. The molecule has 2 rings (SSSR count). The monoisotopic (exact) mass is 266 g/mol. The van der Waals surface area contributed by atoms with E-state index in [2.05, 4.69) is 5.32 Å². The van der Waals surface area contributed by atoms with Gasteiger partial charge in [0.1, 0.15) is 5.76 Å². The van der Waals surface area contributed by atoms with Crippen molar-refractivity contribution < 1.29 is 14.3 Å². The minimum absolute atomic E-state index is 0.00808. The highest BCUT2D eigenvalue weighted by Crippen LogP contribution is 2.27. The van der Waals surface area contributed by atoms with Crippen LogP contribution < -0.4 is 5.32 Å². The van der Waals surface area contributed by atoms with Crippen LogP contribution in [0, 0.1) is 5.92 Å². The molecule has 0 spiro atoms. The summed E-state index contributed by atoms with van der Waals surface area (Å²) >= 11 is 0. The summed E-state index contributed by atoms with van der Waals surface area (Å²) in [6, 6.07) is 3.55. The van der Waals surface area contributed by atoms with Crippen molar-refractivity contribution >= 4 is 5.91 Å². The minimum Gasteiger partial charge on any atom is -0.467 e. The van der Waals surface area contributed by atoms with Crippen molar-refractivity contribution in [1.82, 2.24) is 10.2 Å². The number of rotatable bonds is 6. The number of carbonyl (C=O) groups is 1. The Morgan fingerprint density at radius 3 is 2.95 bits per heavy atom. The summed E-state index contributed by atoms with van der Waals surface area (Å²) in [7, 11) is 1.93. The highest BCUT2D eigenvalue weighted by atomic mass is 16.3. The molecule has 0 radical (unpaired) electrons. The van der Waals surface area contributed by atoms with E-state index < -0.39 is 0 Å². The smallest absolute Gasteiger partial charge is 0.234 e. The number of nitrogens with zero attached hydrogens (tertiary/aromatic N) is 1. The molecule has 2 N–H and O–H groups in total. The molecule has 5 nitrogen and oxygen atoms in total. The van der Waals surface area contributed by atoms with Crippen LogP contribution in [0.1, 0.15) is 31.6 Å². The third kappa shape index (κ3) is 4.08. The number of hydrogen-bond donors (Lipinski definition) is 2. The summed E-state index contributed by atoms with van der Waals surface area (Å²) in [5, 5.41) is 12.1. The quantitative estimate of drug-likeness (QED) is 0.811. The van der Waals surface area contributed by atoms with Crippen molar-refractivity contribution in [3.8, 4) is 0 Å². The van der Waals surface area contributed by atoms with Gasteiger partial charge in [0, 0.05) is 6.54 Å². The first-order valence-electron chi connectivity index (χ1n) is 6.74. The van der Waals surface area contributed by atoms with Crippen LogP contribution in [0.3, 0.4) is 0 Å². The van der Waals surface area contributed by atoms with Crippen molar-refractivity contribution in [2.75, 3.05) is 20.1 Å². The topological polar surface area (TPSA) is 65.7 Å². The summed E-state index contributed by atoms with van der Waals surface area (Å²) in [5.41, 5.74) is 0. The fourth-order valence-electron chi connectivity index (χ4n) is 2.50. The summed E-state index contributed by atoms with van der Waals surface area (Å²) in [6.45, 7) is 3.14. The van der Waals surface area contributed by atoms with Crippen LogP contribution in [0.25, 0.3) is 0 Å². The van der Waals surface area contributed by atoms with Crippen LogP contribution in [0.15, 0.2) is 22.8 Å². The van der Waals surface area contributed by atoms with Gasteiger partial charge in [0.15, 0.2) is 0 Å². The third-order valence-electron chi connectivity index (χ3n) is 3.54. The molecule has 1 aromatic heterocycles. The molecule has 1 aromatic rings. The van der Waals surface area contributed by atoms with E-state index >= 15 is 0 Å². The van der Waals surface area contributed by atoms with Gasteiger partial charge in [0.25, 0.3) is 0 Å². The lowest BCUT2D eigenvalue weighted by Crippen LogP contribution is -2.41. The summed E-state index contributed by atoms with van der Waals surface area (Å²) in [5.74, 6) is 1.28. The molecular weight excluding hydrogens is 244 g/mol. The molecule has 0 aliphatic heterocycles. The van der Waals surface area contributed by atoms with E-state index in [4.69, 9.17) is 4.42 Å². The Kier molecular flexibility index (Phi) is 4.61. The summed E-state index contributed by atoms with van der Waals surface area (Å²) in [6.07, 6.45) is 3.18. The Balaban J connectivity index is 1.68. The fraction of sp³-hybridized carbons (Fsp3) is 0.643. The molecule has 5 heteroatoms. The zero-order valence-corrected chi connectivity index (χ0v) is 11.5. The van der Waals surface area contributed by atoms with Crippen molar-refractivity contribution in [2.24, 2.45) is 5.92 Å². The lowest BCUT2D eigenvalue weighted by atomic mass is 9.82. The van der Waals surface area contributed by atoms with Crippen LogP contribution in [0.4, 0.5) is 0 Å². The van der Waals surface area contributed by atoms with Crippen LogP contribution in [-0.4, -0.2) is 42.2 Å². The van der Waals surface area contributed by atoms with Gasteiger partial charge in [0.05, 0.1) is 25.0 Å². The number of furan rings is 1. The van der Waals surface area contributed by atoms with E-state index in [0.29, 0.717) is 12.5 Å². The first-order chi connectivity index (χ1) is 9.04. The van der Waals surface area contributed by atoms with Gasteiger partial charge in [-0.1, -0.05) is 0 Å². The van der Waals surface area contributed by atoms with Crippen LogP contribution in [0.2, 0.25) is 0 Å². The van der Waals surface area contributed by atoms with E-state index in [-0.39, 0.29) is 18.1 Å². The second-order valence-electron chi connectivity index (χ2n) is 5.49. The van der Waals surface area contributed by atoms with Crippen LogP contribution in [0.5, 0.6) is 0 Å². The van der Waals surface area contributed by atoms with Crippen molar-refractivity contribution in [2.45, 2.75) is 31.9 Å². The highest BCUT2D eigenvalue weighted by molar-refractivity contribution is 5.78. The van der Waals surface area contributed by atoms with Crippen molar-refractivity contribution in [3.63, 3.8) is 0 Å². The molecule has 1 aliphatic rings. The van der Waals surface area contributed by atoms with Crippen LogP contribution >= 0.6 is 0 Å². The maximum atomic E-state index is 11.9. The van der Waals surface area contributed by atoms with E-state index in [0.717, 1.165) is 25.1 Å². The maximum Gasteiger partial charge on any atom is 0.234 e. The SMILES string of the molecule is CC(NC(=O)CN(C)CC1CC(O)C1)c1ccco1. The number of hydrogen-bond acceptors (Lipinski definition) is 4. The van der Waals surface area contributed by atoms with Gasteiger partial charge in [-0.25, -0.2) is 0 Å². The van der Waals surface area contributed by atoms with Gasteiger partial charge < -0.3 is 14.8 Å². The molecule has 1 fully saturated rings. The molecule has 1 unspecified atom stereocenters. The van der Waals surface area contributed by atoms with Gasteiger partial charge >= 0.3 is 0 Å². The molecule has 19 heavy (non-hydrogen) atoms. The fourth-order valence-corrected chi connectivity index (χ4v) is 2.50. The average Bonchev–Trinajstić information content (AvgIpc) is 2.79. The molecule has 1 amide bonds. The number of amides is 1. The Morgan fingerprint density at radius 2 is 2.37 bits per heavy atom. The zero-order chi connectivity index (χ0) is 13.8. The van der Waals surface area contributed by atoms with Gasteiger partial charge in [-0.15, -0.1) is 0 Å². The van der Waals surface area contributed by atoms with Gasteiger partial charge in [-0.2, -0.15) is 0 Å². The van der Waals surface area contributed by atoms with E-state index in [1.807, 2.05) is 31.0 Å². The lowest BCUT2D eigenvalue weighted by Gasteiger charge is -2.34. The van der Waals surface area contributed by atoms with Crippen molar-refractivity contribution in [3.05, 3.63) is 24.2 Å². The molecule has 0 saturated heterocycles. The number of nitrogens with one attached hydrogen (secondary N) is 1. The van der Waals surface area contributed by atoms with Gasteiger partial charge in [-0.3, -0.25) is 9.69 Å². The predicted octanol–water partition coefficient (Wildman–Crippen LogP) is 1.16. The summed E-state index contributed by atoms with van der Waals surface area (Å²) < 4.78 is 5.25. The lowest BCUT2D eigenvalue weighted by molar-refractivity contribution is -0.123. The first-order valence-corrected chi connectivity index (χ1v) is 6.74. The molecule has 0 bridgehead atoms. The molecule has 0 aromatic carbocycles. The van der Waals surface area contributed by atoms with E-state index in [1.54, 1.807) is 6.26 Å². The average molecular weight is 266 g/mol. The van der Waals surface area contributed by atoms with E-state index in [9.17, 15) is 9.90 Å². The molecule has 1 heterocycles. The Morgan fingerprint density at radius 1 is 1.63 bits per heavy atom. The normalized spacial score (nSPS) is 24.0. The number of aliphatic hydroxyl groups excluding tert-OH is 1. The minimum atomic E-state index is -0.133. The van der Waals surface area contributed by atoms with E-state index in [1.165, 1.54) is 0 Å². The Labute approximate surface area is 113 Å². The number of carbonyl (C=O) groups excluding carboxylic acids is 1. The van der Waals surface area contributed by atoms with Gasteiger partial charge in [0.2, 0.25) is 5.91 Å². The number of likely N-dealkylation sites (N-methyl/N-ethyl adjacent to an activating group) is 1. The molecular formula is C14H22N2O3. The number of aliphatic hydroxyl groups is 1. The van der Waals surface area contributed by atoms with Crippen molar-refractivity contribution in [1.29, 1.82) is 0 Å². The predicted molar refractivity (Wildman–Crippen MR) is 71.5 cm³/mol. The Hall–Kier alpha value is -1.33. The molecule has 106 valence electrons. The zero-order valence-electron chi connectivity index (χ0n) is 11.5. The first kappa shape index (κ1) is 14.1. The molecule has 1 atom stereocenters. The van der Waals surface area contributed by atoms with Crippen LogP contribution in [-0.2, 0) is 4.79 Å². The highest BCUT2D eigenvalue weighted by Gasteiger charge is 2.28. The standard InChI is InChI=1S/C14H22N2O3/c1-10(13-4-3-5-19-13)15-14(18)9-16(2)8-11-6-12(17)7-11/h3-5,10-12,17H,6-9H2,1-2H3,(H,15,18). The largest absolute Gasteiger partial charge is 0.467 e. The second kappa shape index (κ2) is 6.21. The maximum absolute atomic E-state index is 11.9. The molecule has 1 saturated carbocycles. The third-order valence-corrected chi connectivity index (χ3v) is 3.54. The second-order valence-corrected chi connectivity index (χ2v) is 5.49. The summed E-state index contributed by atoms with van der Waals surface area (Å²) in [4.78, 5) is 13.9.